The third-order valence-corrected chi connectivity index (χ3v) is 6.19. The van der Waals surface area contributed by atoms with Crippen molar-refractivity contribution in [3.63, 3.8) is 0 Å². The number of amides is 1. The minimum absolute atomic E-state index is 0.0975. The summed E-state index contributed by atoms with van der Waals surface area (Å²) >= 11 is 1.27. The van der Waals surface area contributed by atoms with E-state index >= 15 is 0 Å². The molecule has 166 valence electrons. The lowest BCUT2D eigenvalue weighted by molar-refractivity contribution is -0.121. The molecule has 0 bridgehead atoms. The molecule has 0 aliphatic heterocycles. The van der Waals surface area contributed by atoms with Crippen molar-refractivity contribution in [2.45, 2.75) is 33.7 Å². The number of hydrogen-bond donors (Lipinski definition) is 1. The molecule has 0 atom stereocenters. The number of halogens is 1. The summed E-state index contributed by atoms with van der Waals surface area (Å²) in [6.07, 6.45) is 2.25. The fourth-order valence-corrected chi connectivity index (χ4v) is 4.28. The highest BCUT2D eigenvalue weighted by atomic mass is 32.1. The molecule has 0 fully saturated rings. The third kappa shape index (κ3) is 4.45. The van der Waals surface area contributed by atoms with Crippen LogP contribution in [0.2, 0.25) is 0 Å². The second-order valence-corrected chi connectivity index (χ2v) is 8.88. The molecular formula is C22H22FN5O3S. The molecule has 4 aromatic rings. The summed E-state index contributed by atoms with van der Waals surface area (Å²) in [4.78, 5) is 35.1. The van der Waals surface area contributed by atoms with Gasteiger partial charge >= 0.3 is 0 Å². The number of thiophene rings is 1. The first-order chi connectivity index (χ1) is 15.3. The average molecular weight is 456 g/mol. The van der Waals surface area contributed by atoms with Crippen LogP contribution in [-0.4, -0.2) is 32.1 Å². The Hall–Kier alpha value is -3.40. The van der Waals surface area contributed by atoms with Gasteiger partial charge in [0, 0.05) is 12.1 Å². The number of nitrogens with zero attached hydrogens (tertiary/aromatic N) is 4. The van der Waals surface area contributed by atoms with E-state index in [4.69, 9.17) is 4.52 Å². The third-order valence-electron chi connectivity index (χ3n) is 5.00. The zero-order valence-corrected chi connectivity index (χ0v) is 18.7. The molecule has 0 saturated heterocycles. The van der Waals surface area contributed by atoms with E-state index in [0.717, 1.165) is 6.42 Å². The highest BCUT2D eigenvalue weighted by Gasteiger charge is 2.21. The topological polar surface area (TPSA) is 103 Å². The van der Waals surface area contributed by atoms with Crippen LogP contribution < -0.4 is 10.9 Å². The van der Waals surface area contributed by atoms with Gasteiger partial charge in [-0.2, -0.15) is 4.98 Å². The van der Waals surface area contributed by atoms with Gasteiger partial charge in [0.15, 0.2) is 0 Å². The van der Waals surface area contributed by atoms with Crippen molar-refractivity contribution in [1.82, 2.24) is 25.0 Å². The number of nitrogens with one attached hydrogen (secondary N) is 1. The molecule has 1 aromatic carbocycles. The normalized spacial score (nSPS) is 11.4. The Kier molecular flexibility index (Phi) is 6.13. The van der Waals surface area contributed by atoms with Gasteiger partial charge in [-0.15, -0.1) is 11.3 Å². The lowest BCUT2D eigenvalue weighted by atomic mass is 10.1. The summed E-state index contributed by atoms with van der Waals surface area (Å²) in [5, 5.41) is 7.21. The second kappa shape index (κ2) is 8.99. The predicted octanol–water partition coefficient (Wildman–Crippen LogP) is 3.78. The maximum atomic E-state index is 13.2. The molecule has 3 aromatic heterocycles. The van der Waals surface area contributed by atoms with Crippen molar-refractivity contribution >= 4 is 27.5 Å². The van der Waals surface area contributed by atoms with Gasteiger partial charge in [0.25, 0.3) is 11.4 Å². The molecule has 1 N–H and O–H groups in total. The summed E-state index contributed by atoms with van der Waals surface area (Å²) in [6, 6.07) is 5.77. The van der Waals surface area contributed by atoms with E-state index in [1.165, 1.54) is 34.4 Å². The Bertz CT molecular complexity index is 1320. The number of benzene rings is 1. The molecule has 0 unspecified atom stereocenters. The van der Waals surface area contributed by atoms with E-state index in [1.807, 2.05) is 0 Å². The van der Waals surface area contributed by atoms with E-state index in [-0.39, 0.29) is 29.7 Å². The summed E-state index contributed by atoms with van der Waals surface area (Å²) in [6.45, 7) is 6.41. The Balaban J connectivity index is 1.61. The Morgan fingerprint density at radius 3 is 2.75 bits per heavy atom. The Labute approximate surface area is 187 Å². The highest BCUT2D eigenvalue weighted by molar-refractivity contribution is 7.22. The molecule has 0 saturated carbocycles. The Morgan fingerprint density at radius 2 is 2.03 bits per heavy atom. The molecule has 4 rings (SSSR count). The lowest BCUT2D eigenvalue weighted by Crippen LogP contribution is -2.33. The van der Waals surface area contributed by atoms with E-state index in [2.05, 4.69) is 34.3 Å². The first-order valence-corrected chi connectivity index (χ1v) is 11.0. The lowest BCUT2D eigenvalue weighted by Gasteiger charge is -2.08. The molecule has 0 spiro atoms. The van der Waals surface area contributed by atoms with Gasteiger partial charge in [0.05, 0.1) is 16.6 Å². The number of carbonyl (C=O) groups is 1. The first kappa shape index (κ1) is 21.8. The van der Waals surface area contributed by atoms with E-state index in [0.29, 0.717) is 44.5 Å². The number of fused-ring (bicyclic) bond motifs is 1. The standard InChI is InChI=1S/C22H22FN5O3S/c1-12(2)8-9-24-16(29)10-28-11-25-21-17(22(28)30)13(3)18(32-21)20-26-19(27-31-20)14-4-6-15(23)7-5-14/h4-7,11-12H,8-10H2,1-3H3,(H,24,29). The molecule has 0 aliphatic carbocycles. The zero-order chi connectivity index (χ0) is 22.8. The van der Waals surface area contributed by atoms with Crippen molar-refractivity contribution in [2.24, 2.45) is 5.92 Å². The molecule has 1 amide bonds. The minimum atomic E-state index is -0.353. The van der Waals surface area contributed by atoms with Crippen LogP contribution in [-0.2, 0) is 11.3 Å². The van der Waals surface area contributed by atoms with Gasteiger partial charge in [-0.3, -0.25) is 14.2 Å². The van der Waals surface area contributed by atoms with Crippen LogP contribution in [0.5, 0.6) is 0 Å². The van der Waals surface area contributed by atoms with E-state index in [9.17, 15) is 14.0 Å². The highest BCUT2D eigenvalue weighted by Crippen LogP contribution is 2.35. The van der Waals surface area contributed by atoms with Gasteiger partial charge in [-0.05, 0) is 49.1 Å². The van der Waals surface area contributed by atoms with Crippen LogP contribution in [0.25, 0.3) is 32.4 Å². The van der Waals surface area contributed by atoms with Crippen molar-refractivity contribution < 1.29 is 13.7 Å². The van der Waals surface area contributed by atoms with Crippen molar-refractivity contribution in [3.8, 4) is 22.2 Å². The Morgan fingerprint density at radius 1 is 1.28 bits per heavy atom. The smallest absolute Gasteiger partial charge is 0.268 e. The first-order valence-electron chi connectivity index (χ1n) is 10.2. The maximum Gasteiger partial charge on any atom is 0.268 e. The van der Waals surface area contributed by atoms with Crippen LogP contribution in [0.15, 0.2) is 39.9 Å². The van der Waals surface area contributed by atoms with Crippen molar-refractivity contribution in [2.75, 3.05) is 6.54 Å². The quantitative estimate of drug-likeness (QED) is 0.455. The molecule has 10 heteroatoms. The molecular weight excluding hydrogens is 433 g/mol. The fourth-order valence-electron chi connectivity index (χ4n) is 3.22. The average Bonchev–Trinajstić information content (AvgIpc) is 3.35. The summed E-state index contributed by atoms with van der Waals surface area (Å²) in [5.74, 6) is 0.468. The van der Waals surface area contributed by atoms with Gasteiger partial charge in [0.1, 0.15) is 17.2 Å². The predicted molar refractivity (Wildman–Crippen MR) is 120 cm³/mol. The SMILES string of the molecule is Cc1c(-c2nc(-c3ccc(F)cc3)no2)sc2ncn(CC(=O)NCCC(C)C)c(=O)c12. The monoisotopic (exact) mass is 455 g/mol. The largest absolute Gasteiger partial charge is 0.355 e. The number of aromatic nitrogens is 4. The summed E-state index contributed by atoms with van der Waals surface area (Å²) in [5.41, 5.74) is 0.975. The van der Waals surface area contributed by atoms with Crippen LogP contribution in [0, 0.1) is 18.7 Å². The fraction of sp³-hybridized carbons (Fsp3) is 0.318. The number of carbonyl (C=O) groups excluding carboxylic acids is 1. The molecule has 32 heavy (non-hydrogen) atoms. The van der Waals surface area contributed by atoms with Gasteiger partial charge in [-0.25, -0.2) is 9.37 Å². The van der Waals surface area contributed by atoms with Crippen molar-refractivity contribution in [1.29, 1.82) is 0 Å². The molecule has 8 nitrogen and oxygen atoms in total. The molecule has 0 radical (unpaired) electrons. The molecule has 3 heterocycles. The van der Waals surface area contributed by atoms with Crippen LogP contribution in [0.4, 0.5) is 4.39 Å². The van der Waals surface area contributed by atoms with E-state index < -0.39 is 0 Å². The number of hydrogen-bond acceptors (Lipinski definition) is 7. The number of aryl methyl sites for hydroxylation is 1. The van der Waals surface area contributed by atoms with Gasteiger partial charge in [0.2, 0.25) is 11.7 Å². The van der Waals surface area contributed by atoms with Gasteiger partial charge in [-0.1, -0.05) is 19.0 Å². The van der Waals surface area contributed by atoms with Crippen LogP contribution in [0.1, 0.15) is 25.8 Å². The maximum absolute atomic E-state index is 13.2. The van der Waals surface area contributed by atoms with Crippen molar-refractivity contribution in [3.05, 3.63) is 52.3 Å². The van der Waals surface area contributed by atoms with Crippen LogP contribution >= 0.6 is 11.3 Å². The second-order valence-electron chi connectivity index (χ2n) is 7.88. The summed E-state index contributed by atoms with van der Waals surface area (Å²) < 4.78 is 19.9. The van der Waals surface area contributed by atoms with E-state index in [1.54, 1.807) is 19.1 Å². The van der Waals surface area contributed by atoms with Crippen LogP contribution in [0.3, 0.4) is 0 Å². The van der Waals surface area contributed by atoms with Gasteiger partial charge < -0.3 is 9.84 Å². The number of rotatable bonds is 7. The summed E-state index contributed by atoms with van der Waals surface area (Å²) in [7, 11) is 0. The molecule has 0 aliphatic rings. The minimum Gasteiger partial charge on any atom is -0.355 e. The zero-order valence-electron chi connectivity index (χ0n) is 17.9.